The van der Waals surface area contributed by atoms with E-state index in [4.69, 9.17) is 4.99 Å². The lowest BCUT2D eigenvalue weighted by Crippen LogP contribution is -2.43. The summed E-state index contributed by atoms with van der Waals surface area (Å²) >= 11 is 0. The normalized spacial score (nSPS) is 19.8. The van der Waals surface area contributed by atoms with Gasteiger partial charge in [0.05, 0.1) is 6.04 Å². The molecule has 0 spiro atoms. The van der Waals surface area contributed by atoms with Gasteiger partial charge in [0, 0.05) is 24.5 Å². The topological polar surface area (TPSA) is 65.8 Å². The third-order valence-electron chi connectivity index (χ3n) is 6.05. The highest BCUT2D eigenvalue weighted by Gasteiger charge is 2.56. The van der Waals surface area contributed by atoms with Crippen LogP contribution in [0.25, 0.3) is 0 Å². The number of carboxylic acid groups (broad SMARTS) is 1. The second-order valence-electron chi connectivity index (χ2n) is 8.04. The van der Waals surface area contributed by atoms with E-state index in [0.717, 1.165) is 16.7 Å². The minimum absolute atomic E-state index is 0.517. The van der Waals surface area contributed by atoms with Gasteiger partial charge in [-0.2, -0.15) is 0 Å². The molecule has 4 aromatic rings. The number of carboxylic acids is 1. The average molecular weight is 434 g/mol. The number of carbonyl (C=O) groups is 1. The van der Waals surface area contributed by atoms with Gasteiger partial charge in [0.1, 0.15) is 5.84 Å². The highest BCUT2D eigenvalue weighted by molar-refractivity contribution is 6.04. The molecule has 5 heteroatoms. The van der Waals surface area contributed by atoms with Gasteiger partial charge in [0.2, 0.25) is 5.54 Å². The van der Waals surface area contributed by atoms with Crippen LogP contribution in [0.5, 0.6) is 0 Å². The van der Waals surface area contributed by atoms with Crippen molar-refractivity contribution < 1.29 is 9.90 Å². The zero-order valence-electron chi connectivity index (χ0n) is 18.0. The van der Waals surface area contributed by atoms with Crippen LogP contribution < -0.4 is 0 Å². The summed E-state index contributed by atoms with van der Waals surface area (Å²) in [5.74, 6) is -0.327. The van der Waals surface area contributed by atoms with Crippen molar-refractivity contribution in [1.82, 2.24) is 9.88 Å². The van der Waals surface area contributed by atoms with Crippen molar-refractivity contribution in [3.8, 4) is 0 Å². The van der Waals surface area contributed by atoms with E-state index in [0.29, 0.717) is 17.9 Å². The number of rotatable bonds is 6. The van der Waals surface area contributed by atoms with Crippen LogP contribution in [0.4, 0.5) is 0 Å². The molecule has 1 aliphatic rings. The number of benzene rings is 3. The Hall–Kier alpha value is -4.25. The number of nitrogens with zero attached hydrogens (tertiary/aromatic N) is 3. The van der Waals surface area contributed by atoms with Crippen molar-refractivity contribution in [2.24, 2.45) is 4.99 Å². The standard InChI is InChI=1S/C28H23N3O2/c32-27(33)28(24-14-8-3-9-15-24)25(22-16-18-29-19-17-22)31(20-21-10-4-1-5-11-21)26(30-28)23-12-6-2-7-13-23/h1-19,25H,20H2,(H,32,33)/t25-,28-/m0/s1. The number of hydrogen-bond acceptors (Lipinski definition) is 4. The van der Waals surface area contributed by atoms with Crippen LogP contribution in [0.1, 0.15) is 28.3 Å². The third-order valence-corrected chi connectivity index (χ3v) is 6.05. The molecule has 1 aliphatic heterocycles. The molecule has 33 heavy (non-hydrogen) atoms. The molecule has 5 rings (SSSR count). The Labute approximate surface area is 192 Å². The quantitative estimate of drug-likeness (QED) is 0.461. The Balaban J connectivity index is 1.78. The fourth-order valence-corrected chi connectivity index (χ4v) is 4.57. The van der Waals surface area contributed by atoms with Crippen LogP contribution in [0.3, 0.4) is 0 Å². The maximum atomic E-state index is 13.1. The van der Waals surface area contributed by atoms with Crippen molar-refractivity contribution in [1.29, 1.82) is 0 Å². The summed E-state index contributed by atoms with van der Waals surface area (Å²) in [7, 11) is 0. The highest BCUT2D eigenvalue weighted by atomic mass is 16.4. The first kappa shape index (κ1) is 20.6. The molecule has 1 N–H and O–H groups in total. The van der Waals surface area contributed by atoms with E-state index in [-0.39, 0.29) is 0 Å². The molecule has 0 fully saturated rings. The van der Waals surface area contributed by atoms with E-state index in [1.165, 1.54) is 0 Å². The molecule has 0 bridgehead atoms. The molecule has 2 atom stereocenters. The van der Waals surface area contributed by atoms with Gasteiger partial charge in [-0.05, 0) is 28.8 Å². The minimum Gasteiger partial charge on any atom is -0.479 e. The molecular weight excluding hydrogens is 410 g/mol. The Morgan fingerprint density at radius 1 is 0.818 bits per heavy atom. The SMILES string of the molecule is O=C(O)[C@@]1(c2ccccc2)N=C(c2ccccc2)N(Cc2ccccc2)[C@H]1c1ccncc1. The zero-order chi connectivity index (χ0) is 22.7. The fourth-order valence-electron chi connectivity index (χ4n) is 4.57. The van der Waals surface area contributed by atoms with Gasteiger partial charge in [0.15, 0.2) is 0 Å². The summed E-state index contributed by atoms with van der Waals surface area (Å²) in [6.45, 7) is 0.517. The summed E-state index contributed by atoms with van der Waals surface area (Å²) in [6, 6.07) is 32.4. The number of aliphatic imine (C=N–C) groups is 1. The molecule has 0 unspecified atom stereocenters. The van der Waals surface area contributed by atoms with E-state index in [2.05, 4.69) is 22.0 Å². The molecule has 0 amide bonds. The molecule has 3 aromatic carbocycles. The first-order valence-corrected chi connectivity index (χ1v) is 10.8. The van der Waals surface area contributed by atoms with Crippen molar-refractivity contribution in [3.05, 3.63) is 138 Å². The summed E-state index contributed by atoms with van der Waals surface area (Å²) in [6.07, 6.45) is 3.41. The van der Waals surface area contributed by atoms with Gasteiger partial charge in [-0.1, -0.05) is 91.0 Å². The lowest BCUT2D eigenvalue weighted by molar-refractivity contribution is -0.145. The Morgan fingerprint density at radius 3 is 2.00 bits per heavy atom. The van der Waals surface area contributed by atoms with Crippen LogP contribution in [0, 0.1) is 0 Å². The fraction of sp³-hybridized carbons (Fsp3) is 0.107. The predicted molar refractivity (Wildman–Crippen MR) is 128 cm³/mol. The molecule has 2 heterocycles. The first-order chi connectivity index (χ1) is 16.2. The smallest absolute Gasteiger partial charge is 0.338 e. The molecule has 0 aliphatic carbocycles. The predicted octanol–water partition coefficient (Wildman–Crippen LogP) is 5.07. The highest BCUT2D eigenvalue weighted by Crippen LogP contribution is 2.49. The molecular formula is C28H23N3O2. The number of pyridine rings is 1. The molecule has 0 radical (unpaired) electrons. The Bertz CT molecular complexity index is 1260. The van der Waals surface area contributed by atoms with Crippen LogP contribution >= 0.6 is 0 Å². The van der Waals surface area contributed by atoms with Crippen molar-refractivity contribution in [2.75, 3.05) is 0 Å². The van der Waals surface area contributed by atoms with Gasteiger partial charge < -0.3 is 10.0 Å². The molecule has 5 nitrogen and oxygen atoms in total. The number of aliphatic carboxylic acids is 1. The lowest BCUT2D eigenvalue weighted by atomic mass is 9.80. The molecule has 0 saturated carbocycles. The van der Waals surface area contributed by atoms with Crippen LogP contribution in [0.2, 0.25) is 0 Å². The van der Waals surface area contributed by atoms with Gasteiger partial charge in [-0.25, -0.2) is 9.79 Å². The van der Waals surface area contributed by atoms with Crippen molar-refractivity contribution >= 4 is 11.8 Å². The molecule has 162 valence electrons. The van der Waals surface area contributed by atoms with Crippen LogP contribution in [-0.4, -0.2) is 26.8 Å². The summed E-state index contributed by atoms with van der Waals surface area (Å²) in [4.78, 5) is 24.4. The van der Waals surface area contributed by atoms with Crippen LogP contribution in [0.15, 0.2) is 121 Å². The van der Waals surface area contributed by atoms with Crippen molar-refractivity contribution in [3.63, 3.8) is 0 Å². The third kappa shape index (κ3) is 3.68. The molecule has 0 saturated heterocycles. The van der Waals surface area contributed by atoms with Gasteiger partial charge in [0.25, 0.3) is 0 Å². The minimum atomic E-state index is -1.51. The van der Waals surface area contributed by atoms with Crippen molar-refractivity contribution in [2.45, 2.75) is 18.1 Å². The van der Waals surface area contributed by atoms with Gasteiger partial charge in [-0.15, -0.1) is 0 Å². The summed E-state index contributed by atoms with van der Waals surface area (Å²) in [5, 5.41) is 10.7. The van der Waals surface area contributed by atoms with E-state index in [1.807, 2.05) is 91.0 Å². The average Bonchev–Trinajstić information content (AvgIpc) is 3.22. The number of aromatic nitrogens is 1. The molecule has 1 aromatic heterocycles. The Morgan fingerprint density at radius 2 is 1.39 bits per heavy atom. The number of hydrogen-bond donors (Lipinski definition) is 1. The second kappa shape index (κ2) is 8.71. The first-order valence-electron chi connectivity index (χ1n) is 10.8. The maximum Gasteiger partial charge on any atom is 0.338 e. The van der Waals surface area contributed by atoms with E-state index in [1.54, 1.807) is 12.4 Å². The van der Waals surface area contributed by atoms with Gasteiger partial charge >= 0.3 is 5.97 Å². The second-order valence-corrected chi connectivity index (χ2v) is 8.04. The van der Waals surface area contributed by atoms with Gasteiger partial charge in [-0.3, -0.25) is 4.98 Å². The summed E-state index contributed by atoms with van der Waals surface area (Å²) < 4.78 is 0. The zero-order valence-corrected chi connectivity index (χ0v) is 18.0. The van der Waals surface area contributed by atoms with Crippen LogP contribution in [-0.2, 0) is 16.9 Å². The van der Waals surface area contributed by atoms with E-state index in [9.17, 15) is 9.90 Å². The largest absolute Gasteiger partial charge is 0.479 e. The summed E-state index contributed by atoms with van der Waals surface area (Å²) in [5.41, 5.74) is 1.94. The Kier molecular flexibility index (Phi) is 5.45. The maximum absolute atomic E-state index is 13.1. The van der Waals surface area contributed by atoms with E-state index >= 15 is 0 Å². The lowest BCUT2D eigenvalue weighted by Gasteiger charge is -2.36. The number of amidine groups is 1. The van der Waals surface area contributed by atoms with E-state index < -0.39 is 17.6 Å². The monoisotopic (exact) mass is 433 g/mol.